The van der Waals surface area contributed by atoms with Gasteiger partial charge in [0, 0.05) is 44.2 Å². The van der Waals surface area contributed by atoms with Gasteiger partial charge in [-0.25, -0.2) is 0 Å². The molecule has 0 saturated carbocycles. The smallest absolute Gasteiger partial charge is 0.283 e. The highest BCUT2D eigenvalue weighted by atomic mass is 32.2. The number of anilines is 1. The fourth-order valence-corrected chi connectivity index (χ4v) is 4.11. The Balaban J connectivity index is 1.51. The molecular formula is C21H24N4O4S. The third-order valence-electron chi connectivity index (χ3n) is 4.67. The second kappa shape index (κ2) is 9.53. The molecule has 1 fully saturated rings. The van der Waals surface area contributed by atoms with Gasteiger partial charge in [-0.2, -0.15) is 8.42 Å². The number of hydrogen-bond donors (Lipinski definition) is 2. The van der Waals surface area contributed by atoms with Gasteiger partial charge in [0.25, 0.3) is 15.9 Å². The fraction of sp³-hybridized carbons (Fsp3) is 0.286. The Morgan fingerprint density at radius 3 is 2.40 bits per heavy atom. The van der Waals surface area contributed by atoms with Crippen molar-refractivity contribution in [3.8, 4) is 0 Å². The summed E-state index contributed by atoms with van der Waals surface area (Å²) in [5.74, 6) is 0.0317. The molecule has 9 heteroatoms. The molecule has 158 valence electrons. The Kier molecular flexibility index (Phi) is 6.83. The number of amides is 2. The van der Waals surface area contributed by atoms with E-state index in [2.05, 4.69) is 15.0 Å². The molecule has 0 radical (unpaired) electrons. The van der Waals surface area contributed by atoms with Crippen molar-refractivity contribution in [3.05, 3.63) is 60.2 Å². The predicted octanol–water partition coefficient (Wildman–Crippen LogP) is 2.26. The lowest BCUT2D eigenvalue weighted by Crippen LogP contribution is -2.27. The average Bonchev–Trinajstić information content (AvgIpc) is 3.12. The number of nitrogens with one attached hydrogen (secondary N) is 2. The van der Waals surface area contributed by atoms with E-state index < -0.39 is 10.0 Å². The zero-order chi connectivity index (χ0) is 21.6. The minimum Gasteiger partial charge on any atom is -0.362 e. The first-order chi connectivity index (χ1) is 14.3. The van der Waals surface area contributed by atoms with Crippen LogP contribution in [0.2, 0.25) is 0 Å². The summed E-state index contributed by atoms with van der Waals surface area (Å²) in [6, 6.07) is 14.6. The first kappa shape index (κ1) is 21.5. The van der Waals surface area contributed by atoms with Crippen LogP contribution in [0, 0.1) is 0 Å². The van der Waals surface area contributed by atoms with Gasteiger partial charge < -0.3 is 15.5 Å². The molecule has 0 bridgehead atoms. The van der Waals surface area contributed by atoms with Gasteiger partial charge in [0.2, 0.25) is 5.91 Å². The molecule has 1 saturated heterocycles. The topological polar surface area (TPSA) is 108 Å². The highest BCUT2D eigenvalue weighted by Crippen LogP contribution is 2.19. The Labute approximate surface area is 176 Å². The van der Waals surface area contributed by atoms with Crippen molar-refractivity contribution in [1.82, 2.24) is 10.2 Å². The van der Waals surface area contributed by atoms with Crippen LogP contribution < -0.4 is 10.6 Å². The lowest BCUT2D eigenvalue weighted by atomic mass is 10.2. The van der Waals surface area contributed by atoms with E-state index in [0.29, 0.717) is 23.5 Å². The van der Waals surface area contributed by atoms with E-state index in [1.165, 1.54) is 24.3 Å². The number of amidine groups is 1. The number of rotatable bonds is 7. The monoisotopic (exact) mass is 428 g/mol. The molecular weight excluding hydrogens is 404 g/mol. The van der Waals surface area contributed by atoms with Crippen LogP contribution in [-0.4, -0.2) is 51.1 Å². The predicted molar refractivity (Wildman–Crippen MR) is 115 cm³/mol. The molecule has 2 aromatic carbocycles. The van der Waals surface area contributed by atoms with Gasteiger partial charge in [-0.15, -0.1) is 4.40 Å². The minimum absolute atomic E-state index is 0.0726. The second-order valence-corrected chi connectivity index (χ2v) is 8.56. The van der Waals surface area contributed by atoms with Crippen LogP contribution in [-0.2, 0) is 14.8 Å². The highest BCUT2D eigenvalue weighted by Gasteiger charge is 2.20. The van der Waals surface area contributed by atoms with E-state index in [0.717, 1.165) is 13.0 Å². The first-order valence-electron chi connectivity index (χ1n) is 9.63. The molecule has 0 aromatic heterocycles. The van der Waals surface area contributed by atoms with Crippen LogP contribution in [0.4, 0.5) is 5.69 Å². The van der Waals surface area contributed by atoms with E-state index in [1.807, 2.05) is 18.0 Å². The zero-order valence-corrected chi connectivity index (χ0v) is 17.5. The molecule has 2 amide bonds. The van der Waals surface area contributed by atoms with E-state index in [-0.39, 0.29) is 29.7 Å². The Morgan fingerprint density at radius 1 is 1.07 bits per heavy atom. The van der Waals surface area contributed by atoms with Crippen molar-refractivity contribution < 1.29 is 18.0 Å². The Morgan fingerprint density at radius 2 is 1.77 bits per heavy atom. The van der Waals surface area contributed by atoms with Crippen molar-refractivity contribution >= 4 is 33.4 Å². The summed E-state index contributed by atoms with van der Waals surface area (Å²) in [5, 5.41) is 5.37. The summed E-state index contributed by atoms with van der Waals surface area (Å²) >= 11 is 0. The van der Waals surface area contributed by atoms with E-state index >= 15 is 0 Å². The van der Waals surface area contributed by atoms with Crippen LogP contribution in [0.5, 0.6) is 0 Å². The number of carbonyl (C=O) groups excluding carboxylic acids is 2. The number of carbonyl (C=O) groups is 2. The maximum Gasteiger partial charge on any atom is 0.283 e. The largest absolute Gasteiger partial charge is 0.362 e. The Bertz CT molecular complexity index is 1030. The quantitative estimate of drug-likeness (QED) is 0.703. The van der Waals surface area contributed by atoms with Gasteiger partial charge >= 0.3 is 0 Å². The van der Waals surface area contributed by atoms with Crippen LogP contribution in [0.1, 0.15) is 29.6 Å². The van der Waals surface area contributed by atoms with E-state index in [9.17, 15) is 18.0 Å². The number of nitrogens with zero attached hydrogens (tertiary/aromatic N) is 2. The maximum atomic E-state index is 12.4. The van der Waals surface area contributed by atoms with Gasteiger partial charge in [0.15, 0.2) is 0 Å². The summed E-state index contributed by atoms with van der Waals surface area (Å²) in [5.41, 5.74) is 1.00. The zero-order valence-electron chi connectivity index (χ0n) is 16.7. The minimum atomic E-state index is -3.79. The van der Waals surface area contributed by atoms with E-state index in [4.69, 9.17) is 0 Å². The molecule has 30 heavy (non-hydrogen) atoms. The molecule has 2 N–H and O–H groups in total. The lowest BCUT2D eigenvalue weighted by Gasteiger charge is -2.11. The average molecular weight is 429 g/mol. The maximum absolute atomic E-state index is 12.4. The molecule has 0 atom stereocenters. The number of sulfonamides is 1. The summed E-state index contributed by atoms with van der Waals surface area (Å²) in [7, 11) is -1.96. The van der Waals surface area contributed by atoms with Gasteiger partial charge in [-0.1, -0.05) is 18.2 Å². The molecule has 2 aromatic rings. The molecule has 0 spiro atoms. The van der Waals surface area contributed by atoms with E-state index in [1.54, 1.807) is 24.3 Å². The second-order valence-electron chi connectivity index (χ2n) is 6.95. The molecule has 1 heterocycles. The van der Waals surface area contributed by atoms with Crippen molar-refractivity contribution in [1.29, 1.82) is 0 Å². The fourth-order valence-electron chi connectivity index (χ4n) is 3.02. The van der Waals surface area contributed by atoms with Crippen molar-refractivity contribution in [2.45, 2.75) is 24.2 Å². The third-order valence-corrected chi connectivity index (χ3v) is 5.99. The number of likely N-dealkylation sites (tertiary alicyclic amines) is 1. The van der Waals surface area contributed by atoms with Crippen LogP contribution >= 0.6 is 0 Å². The van der Waals surface area contributed by atoms with Gasteiger partial charge in [0.05, 0.1) is 4.90 Å². The van der Waals surface area contributed by atoms with Gasteiger partial charge in [-0.3, -0.25) is 9.59 Å². The van der Waals surface area contributed by atoms with Crippen molar-refractivity contribution in [2.24, 2.45) is 4.40 Å². The summed E-state index contributed by atoms with van der Waals surface area (Å²) < 4.78 is 28.8. The number of hydrogen-bond acceptors (Lipinski definition) is 4. The molecule has 1 aliphatic heterocycles. The molecule has 8 nitrogen and oxygen atoms in total. The highest BCUT2D eigenvalue weighted by molar-refractivity contribution is 7.90. The normalized spacial score (nSPS) is 15.2. The van der Waals surface area contributed by atoms with Crippen LogP contribution in [0.15, 0.2) is 63.9 Å². The summed E-state index contributed by atoms with van der Waals surface area (Å²) in [4.78, 5) is 25.9. The molecule has 0 unspecified atom stereocenters. The summed E-state index contributed by atoms with van der Waals surface area (Å²) in [6.07, 6.45) is 1.63. The standard InChI is InChI=1S/C21H24N4O4S/c1-25-15-5-8-19(25)24-30(28,29)18-11-9-17(10-12-18)23-20(26)13-14-22-21(27)16-6-3-2-4-7-16/h2-4,6-7,9-12H,5,8,13-15H2,1H3,(H,22,27)(H,23,26). The summed E-state index contributed by atoms with van der Waals surface area (Å²) in [6.45, 7) is 0.988. The third kappa shape index (κ3) is 5.66. The van der Waals surface area contributed by atoms with Crippen LogP contribution in [0.25, 0.3) is 0 Å². The SMILES string of the molecule is CN1CCCC1=NS(=O)(=O)c1ccc(NC(=O)CCNC(=O)c2ccccc2)cc1. The molecule has 1 aliphatic rings. The van der Waals surface area contributed by atoms with Crippen LogP contribution in [0.3, 0.4) is 0 Å². The molecule has 0 aliphatic carbocycles. The van der Waals surface area contributed by atoms with Gasteiger partial charge in [-0.05, 0) is 42.8 Å². The van der Waals surface area contributed by atoms with Crippen molar-refractivity contribution in [3.63, 3.8) is 0 Å². The first-order valence-corrected chi connectivity index (χ1v) is 11.1. The van der Waals surface area contributed by atoms with Crippen molar-refractivity contribution in [2.75, 3.05) is 25.5 Å². The molecule has 3 rings (SSSR count). The lowest BCUT2D eigenvalue weighted by molar-refractivity contribution is -0.116. The Hall–Kier alpha value is -3.20. The van der Waals surface area contributed by atoms with Gasteiger partial charge in [0.1, 0.15) is 5.84 Å². The number of benzene rings is 2.